The van der Waals surface area contributed by atoms with Crippen LogP contribution in [0.25, 0.3) is 27.7 Å². The van der Waals surface area contributed by atoms with Crippen LogP contribution in [0.3, 0.4) is 0 Å². The first-order valence-corrected chi connectivity index (χ1v) is 7.99. The number of pyridine rings is 2. The highest BCUT2D eigenvalue weighted by molar-refractivity contribution is 6.02. The summed E-state index contributed by atoms with van der Waals surface area (Å²) in [7, 11) is 0. The van der Waals surface area contributed by atoms with Crippen LogP contribution in [0.15, 0.2) is 42.7 Å². The van der Waals surface area contributed by atoms with Gasteiger partial charge in [-0.3, -0.25) is 0 Å². The molecule has 110 valence electrons. The van der Waals surface area contributed by atoms with E-state index in [1.54, 1.807) is 0 Å². The van der Waals surface area contributed by atoms with Crippen molar-refractivity contribution in [2.75, 3.05) is 0 Å². The van der Waals surface area contributed by atoms with Gasteiger partial charge in [-0.05, 0) is 49.1 Å². The van der Waals surface area contributed by atoms with E-state index in [0.29, 0.717) is 0 Å². The fraction of sp³-hybridized carbons (Fsp3) is 0.250. The highest BCUT2D eigenvalue weighted by atomic mass is 14.9. The van der Waals surface area contributed by atoms with E-state index in [1.165, 1.54) is 39.6 Å². The quantitative estimate of drug-likeness (QED) is 0.498. The standard InChI is InChI=1S/C20H20N2/c1-4-7-15-12-22-11-10-17-16-8-5-6-9-18(16)21-19(17)20(22)14(3)13(15)2/h5-6,8-12H,4,7H2,1-3H3. The van der Waals surface area contributed by atoms with Gasteiger partial charge < -0.3 is 4.40 Å². The van der Waals surface area contributed by atoms with Gasteiger partial charge in [-0.1, -0.05) is 31.5 Å². The molecule has 0 atom stereocenters. The maximum absolute atomic E-state index is 4.90. The molecule has 0 fully saturated rings. The lowest BCUT2D eigenvalue weighted by Gasteiger charge is -2.15. The predicted molar refractivity (Wildman–Crippen MR) is 92.8 cm³/mol. The lowest BCUT2D eigenvalue weighted by Crippen LogP contribution is -2.02. The monoisotopic (exact) mass is 288 g/mol. The summed E-state index contributed by atoms with van der Waals surface area (Å²) in [5.41, 5.74) is 8.88. The summed E-state index contributed by atoms with van der Waals surface area (Å²) in [4.78, 5) is 4.90. The molecule has 0 saturated heterocycles. The van der Waals surface area contributed by atoms with Crippen molar-refractivity contribution < 1.29 is 0 Å². The molecule has 0 amide bonds. The van der Waals surface area contributed by atoms with Gasteiger partial charge in [0, 0.05) is 23.3 Å². The zero-order valence-corrected chi connectivity index (χ0v) is 13.4. The number of aromatic nitrogens is 2. The molecule has 0 N–H and O–H groups in total. The summed E-state index contributed by atoms with van der Waals surface area (Å²) >= 11 is 0. The molecule has 22 heavy (non-hydrogen) atoms. The molecule has 4 rings (SSSR count). The Hall–Kier alpha value is -2.35. The van der Waals surface area contributed by atoms with E-state index in [9.17, 15) is 0 Å². The van der Waals surface area contributed by atoms with Crippen molar-refractivity contribution in [1.29, 1.82) is 0 Å². The molecule has 0 saturated carbocycles. The van der Waals surface area contributed by atoms with E-state index in [4.69, 9.17) is 4.98 Å². The Balaban J connectivity index is 2.14. The number of benzene rings is 1. The molecule has 0 spiro atoms. The summed E-state index contributed by atoms with van der Waals surface area (Å²) < 4.78 is 2.25. The van der Waals surface area contributed by atoms with Crippen molar-refractivity contribution in [2.45, 2.75) is 33.6 Å². The van der Waals surface area contributed by atoms with Crippen LogP contribution in [-0.2, 0) is 6.42 Å². The van der Waals surface area contributed by atoms with Crippen molar-refractivity contribution in [2.24, 2.45) is 0 Å². The molecule has 0 unspecified atom stereocenters. The van der Waals surface area contributed by atoms with Gasteiger partial charge in [0.2, 0.25) is 0 Å². The molecule has 1 aromatic carbocycles. The summed E-state index contributed by atoms with van der Waals surface area (Å²) in [6.45, 7) is 6.70. The summed E-state index contributed by atoms with van der Waals surface area (Å²) in [6, 6.07) is 10.6. The number of nitrogens with zero attached hydrogens (tertiary/aromatic N) is 2. The second-order valence-electron chi connectivity index (χ2n) is 6.12. The number of para-hydroxylation sites is 1. The third kappa shape index (κ3) is 1.77. The Morgan fingerprint density at radius 1 is 1.05 bits per heavy atom. The maximum atomic E-state index is 4.90. The van der Waals surface area contributed by atoms with Crippen LogP contribution in [0.2, 0.25) is 0 Å². The average Bonchev–Trinajstić information content (AvgIpc) is 2.90. The van der Waals surface area contributed by atoms with E-state index in [0.717, 1.165) is 17.6 Å². The Kier molecular flexibility index (Phi) is 2.93. The number of rotatable bonds is 2. The molecule has 2 nitrogen and oxygen atoms in total. The van der Waals surface area contributed by atoms with Crippen molar-refractivity contribution in [3.05, 3.63) is 59.4 Å². The van der Waals surface area contributed by atoms with E-state index in [-0.39, 0.29) is 0 Å². The Bertz CT molecular complexity index is 963. The van der Waals surface area contributed by atoms with Gasteiger partial charge in [-0.2, -0.15) is 0 Å². The van der Waals surface area contributed by atoms with Crippen LogP contribution in [0, 0.1) is 13.8 Å². The summed E-state index contributed by atoms with van der Waals surface area (Å²) in [5, 5.41) is 1.25. The first-order chi connectivity index (χ1) is 10.7. The minimum atomic E-state index is 1.08. The molecular formula is C20H20N2. The molecule has 0 aliphatic carbocycles. The molecule has 2 aliphatic rings. The third-order valence-corrected chi connectivity index (χ3v) is 4.78. The van der Waals surface area contributed by atoms with Crippen LogP contribution in [-0.4, -0.2) is 9.38 Å². The number of fused-ring (bicyclic) bond motifs is 5. The van der Waals surface area contributed by atoms with Gasteiger partial charge in [0.25, 0.3) is 0 Å². The molecule has 2 aliphatic heterocycles. The normalized spacial score (nSPS) is 11.8. The third-order valence-electron chi connectivity index (χ3n) is 4.78. The fourth-order valence-electron chi connectivity index (χ4n) is 3.49. The SMILES string of the molecule is CCCc1cn2ccc3c4ccccc4nc-3c2c(C)c1C. The van der Waals surface area contributed by atoms with Crippen molar-refractivity contribution in [3.63, 3.8) is 0 Å². The minimum Gasteiger partial charge on any atom is -0.321 e. The molecule has 2 aromatic rings. The first kappa shape index (κ1) is 13.3. The lowest BCUT2D eigenvalue weighted by molar-refractivity contribution is 0.893. The van der Waals surface area contributed by atoms with E-state index in [1.807, 2.05) is 0 Å². The van der Waals surface area contributed by atoms with Crippen LogP contribution in [0.1, 0.15) is 30.0 Å². The molecule has 1 aromatic heterocycles. The fourth-order valence-corrected chi connectivity index (χ4v) is 3.49. The Morgan fingerprint density at radius 2 is 1.86 bits per heavy atom. The van der Waals surface area contributed by atoms with Gasteiger partial charge in [-0.25, -0.2) is 4.98 Å². The minimum absolute atomic E-state index is 1.08. The van der Waals surface area contributed by atoms with Gasteiger partial charge in [0.15, 0.2) is 0 Å². The molecular weight excluding hydrogens is 268 g/mol. The second-order valence-corrected chi connectivity index (χ2v) is 6.12. The summed E-state index contributed by atoms with van der Waals surface area (Å²) in [5.74, 6) is 0. The second kappa shape index (κ2) is 4.84. The molecule has 0 radical (unpaired) electrons. The van der Waals surface area contributed by atoms with Crippen LogP contribution >= 0.6 is 0 Å². The maximum Gasteiger partial charge on any atom is 0.0959 e. The van der Waals surface area contributed by atoms with Crippen LogP contribution < -0.4 is 0 Å². The highest BCUT2D eigenvalue weighted by Crippen LogP contribution is 2.36. The molecule has 2 heteroatoms. The largest absolute Gasteiger partial charge is 0.321 e. The number of aryl methyl sites for hydroxylation is 2. The number of hydrogen-bond acceptors (Lipinski definition) is 1. The van der Waals surface area contributed by atoms with E-state index < -0.39 is 0 Å². The van der Waals surface area contributed by atoms with E-state index >= 15 is 0 Å². The Labute approximate surface area is 130 Å². The van der Waals surface area contributed by atoms with Gasteiger partial charge in [-0.15, -0.1) is 0 Å². The van der Waals surface area contributed by atoms with Crippen LogP contribution in [0.4, 0.5) is 0 Å². The van der Waals surface area contributed by atoms with E-state index in [2.05, 4.69) is 67.9 Å². The molecule has 0 bridgehead atoms. The van der Waals surface area contributed by atoms with Crippen molar-refractivity contribution in [1.82, 2.24) is 9.38 Å². The highest BCUT2D eigenvalue weighted by Gasteiger charge is 2.17. The van der Waals surface area contributed by atoms with Gasteiger partial charge >= 0.3 is 0 Å². The van der Waals surface area contributed by atoms with Crippen molar-refractivity contribution in [3.8, 4) is 11.3 Å². The van der Waals surface area contributed by atoms with Crippen molar-refractivity contribution >= 4 is 16.4 Å². The average molecular weight is 288 g/mol. The Morgan fingerprint density at radius 3 is 2.68 bits per heavy atom. The lowest BCUT2D eigenvalue weighted by atomic mass is 9.98. The topological polar surface area (TPSA) is 17.3 Å². The van der Waals surface area contributed by atoms with Crippen LogP contribution in [0.5, 0.6) is 0 Å². The van der Waals surface area contributed by atoms with Gasteiger partial charge in [0.1, 0.15) is 0 Å². The predicted octanol–water partition coefficient (Wildman–Crippen LogP) is 5.16. The molecule has 3 heterocycles. The number of hydrogen-bond donors (Lipinski definition) is 0. The first-order valence-electron chi connectivity index (χ1n) is 7.99. The summed E-state index contributed by atoms with van der Waals surface area (Å²) in [6.07, 6.45) is 6.76. The van der Waals surface area contributed by atoms with Gasteiger partial charge in [0.05, 0.1) is 16.7 Å². The zero-order chi connectivity index (χ0) is 15.3. The smallest absolute Gasteiger partial charge is 0.0959 e. The zero-order valence-electron chi connectivity index (χ0n) is 13.4.